The van der Waals surface area contributed by atoms with Gasteiger partial charge in [-0.25, -0.2) is 0 Å². The zero-order chi connectivity index (χ0) is 24.9. The SMILES string of the molecule is CC(=NO)NC(=O)c1ccc(CN2C(=O)c3ccc(Cl)cc3NC(=O)C2Cc2cccnc2)cc1. The molecule has 1 unspecified atom stereocenters. The van der Waals surface area contributed by atoms with E-state index in [4.69, 9.17) is 16.8 Å². The summed E-state index contributed by atoms with van der Waals surface area (Å²) in [5, 5.41) is 17.4. The number of halogens is 1. The fourth-order valence-electron chi connectivity index (χ4n) is 3.81. The van der Waals surface area contributed by atoms with Crippen molar-refractivity contribution in [1.29, 1.82) is 0 Å². The average molecular weight is 492 g/mol. The molecule has 3 amide bonds. The summed E-state index contributed by atoms with van der Waals surface area (Å²) in [7, 11) is 0. The first kappa shape index (κ1) is 23.9. The molecule has 1 atom stereocenters. The van der Waals surface area contributed by atoms with E-state index >= 15 is 0 Å². The van der Waals surface area contributed by atoms with Gasteiger partial charge in [-0.05, 0) is 54.4 Å². The third kappa shape index (κ3) is 5.47. The molecule has 0 bridgehead atoms. The number of nitrogens with one attached hydrogen (secondary N) is 2. The molecular formula is C25H22ClN5O4. The van der Waals surface area contributed by atoms with Gasteiger partial charge in [0.1, 0.15) is 11.9 Å². The van der Waals surface area contributed by atoms with Crippen LogP contribution in [0.2, 0.25) is 5.02 Å². The van der Waals surface area contributed by atoms with Crippen LogP contribution < -0.4 is 10.6 Å². The van der Waals surface area contributed by atoms with Gasteiger partial charge in [-0.3, -0.25) is 19.4 Å². The molecule has 0 spiro atoms. The van der Waals surface area contributed by atoms with Crippen molar-refractivity contribution in [2.45, 2.75) is 25.9 Å². The van der Waals surface area contributed by atoms with Gasteiger partial charge in [0.25, 0.3) is 11.8 Å². The smallest absolute Gasteiger partial charge is 0.256 e. The average Bonchev–Trinajstić information content (AvgIpc) is 2.94. The highest BCUT2D eigenvalue weighted by Crippen LogP contribution is 2.28. The molecule has 0 radical (unpaired) electrons. The number of carbonyl (C=O) groups is 3. The molecule has 3 aromatic rings. The number of aromatic nitrogens is 1. The van der Waals surface area contributed by atoms with Crippen LogP contribution in [0.3, 0.4) is 0 Å². The summed E-state index contributed by atoms with van der Waals surface area (Å²) in [6.45, 7) is 1.59. The van der Waals surface area contributed by atoms with Crippen molar-refractivity contribution in [3.63, 3.8) is 0 Å². The number of amides is 3. The molecule has 3 N–H and O–H groups in total. The van der Waals surface area contributed by atoms with Crippen molar-refractivity contribution in [3.8, 4) is 0 Å². The van der Waals surface area contributed by atoms with Crippen molar-refractivity contribution in [2.24, 2.45) is 5.16 Å². The lowest BCUT2D eigenvalue weighted by Crippen LogP contribution is -2.46. The van der Waals surface area contributed by atoms with Gasteiger partial charge >= 0.3 is 0 Å². The number of anilines is 1. The number of oxime groups is 1. The molecule has 0 fully saturated rings. The Morgan fingerprint density at radius 3 is 2.63 bits per heavy atom. The van der Waals surface area contributed by atoms with Crippen LogP contribution in [-0.4, -0.2) is 44.7 Å². The summed E-state index contributed by atoms with van der Waals surface area (Å²) < 4.78 is 0. The van der Waals surface area contributed by atoms with E-state index < -0.39 is 11.9 Å². The largest absolute Gasteiger partial charge is 0.409 e. The number of hydrogen-bond donors (Lipinski definition) is 3. The summed E-state index contributed by atoms with van der Waals surface area (Å²) >= 11 is 6.10. The van der Waals surface area contributed by atoms with Crippen LogP contribution in [0, 0.1) is 0 Å². The number of fused-ring (bicyclic) bond motifs is 1. The number of carbonyl (C=O) groups excluding carboxylic acids is 3. The van der Waals surface area contributed by atoms with Crippen molar-refractivity contribution in [1.82, 2.24) is 15.2 Å². The van der Waals surface area contributed by atoms with E-state index in [2.05, 4.69) is 20.8 Å². The summed E-state index contributed by atoms with van der Waals surface area (Å²) in [6.07, 6.45) is 3.58. The zero-order valence-electron chi connectivity index (χ0n) is 18.7. The van der Waals surface area contributed by atoms with E-state index in [1.165, 1.54) is 11.8 Å². The first-order valence-corrected chi connectivity index (χ1v) is 11.1. The van der Waals surface area contributed by atoms with E-state index in [1.54, 1.807) is 60.9 Å². The Bertz CT molecular complexity index is 1290. The molecule has 35 heavy (non-hydrogen) atoms. The maximum absolute atomic E-state index is 13.6. The number of rotatable bonds is 5. The van der Waals surface area contributed by atoms with Crippen LogP contribution in [0.5, 0.6) is 0 Å². The first-order chi connectivity index (χ1) is 16.9. The number of benzene rings is 2. The lowest BCUT2D eigenvalue weighted by atomic mass is 10.0. The molecule has 2 aromatic carbocycles. The highest BCUT2D eigenvalue weighted by molar-refractivity contribution is 6.31. The fraction of sp³-hybridized carbons (Fsp3) is 0.160. The minimum absolute atomic E-state index is 0.0669. The maximum atomic E-state index is 13.6. The van der Waals surface area contributed by atoms with Gasteiger partial charge in [-0.15, -0.1) is 0 Å². The Hall–Kier alpha value is -4.24. The quantitative estimate of drug-likeness (QED) is 0.218. The molecule has 0 saturated heterocycles. The molecule has 10 heteroatoms. The van der Waals surface area contributed by atoms with Crippen LogP contribution in [0.25, 0.3) is 0 Å². The monoisotopic (exact) mass is 491 g/mol. The van der Waals surface area contributed by atoms with Crippen molar-refractivity contribution < 1.29 is 19.6 Å². The van der Waals surface area contributed by atoms with Gasteiger partial charge in [0.15, 0.2) is 0 Å². The van der Waals surface area contributed by atoms with Gasteiger partial charge in [-0.2, -0.15) is 0 Å². The van der Waals surface area contributed by atoms with Crippen molar-refractivity contribution in [3.05, 3.63) is 94.3 Å². The second-order valence-electron chi connectivity index (χ2n) is 8.03. The number of amidine groups is 1. The molecule has 9 nitrogen and oxygen atoms in total. The predicted molar refractivity (Wildman–Crippen MR) is 130 cm³/mol. The van der Waals surface area contributed by atoms with E-state index in [1.807, 2.05) is 6.07 Å². The van der Waals surface area contributed by atoms with Crippen LogP contribution in [0.1, 0.15) is 38.8 Å². The minimum atomic E-state index is -0.802. The first-order valence-electron chi connectivity index (χ1n) is 10.7. The van der Waals surface area contributed by atoms with E-state index in [-0.39, 0.29) is 30.6 Å². The summed E-state index contributed by atoms with van der Waals surface area (Å²) in [4.78, 5) is 44.7. The zero-order valence-corrected chi connectivity index (χ0v) is 19.5. The van der Waals surface area contributed by atoms with Gasteiger partial charge in [0.2, 0.25) is 5.91 Å². The van der Waals surface area contributed by atoms with Crippen molar-refractivity contribution >= 4 is 40.8 Å². The molecule has 0 aliphatic carbocycles. The number of hydrogen-bond acceptors (Lipinski definition) is 6. The third-order valence-electron chi connectivity index (χ3n) is 5.57. The summed E-state index contributed by atoms with van der Waals surface area (Å²) in [6, 6.07) is 14.2. The lowest BCUT2D eigenvalue weighted by Gasteiger charge is -2.29. The topological polar surface area (TPSA) is 124 Å². The van der Waals surface area contributed by atoms with Gasteiger partial charge in [-0.1, -0.05) is 35.0 Å². The highest BCUT2D eigenvalue weighted by Gasteiger charge is 2.35. The van der Waals surface area contributed by atoms with E-state index in [0.29, 0.717) is 21.8 Å². The molecular weight excluding hydrogens is 470 g/mol. The standard InChI is InChI=1S/C25H22ClN5O4/c1-15(30-35)28-23(32)18-6-4-16(5-7-18)14-31-22(11-17-3-2-10-27-13-17)24(33)29-21-12-19(26)8-9-20(21)25(31)34/h2-10,12-13,22,35H,11,14H2,1H3,(H,29,33)(H,28,30,32). The van der Waals surface area contributed by atoms with Gasteiger partial charge in [0.05, 0.1) is 11.3 Å². The highest BCUT2D eigenvalue weighted by atomic mass is 35.5. The molecule has 1 aliphatic heterocycles. The molecule has 0 saturated carbocycles. The normalized spacial score (nSPS) is 15.8. The van der Waals surface area contributed by atoms with Crippen LogP contribution in [-0.2, 0) is 17.8 Å². The second kappa shape index (κ2) is 10.4. The summed E-state index contributed by atoms with van der Waals surface area (Å²) in [5.74, 6) is -1.02. The Morgan fingerprint density at radius 2 is 1.94 bits per heavy atom. The molecule has 2 heterocycles. The van der Waals surface area contributed by atoms with E-state index in [9.17, 15) is 14.4 Å². The van der Waals surface area contributed by atoms with Gasteiger partial charge < -0.3 is 20.7 Å². The van der Waals surface area contributed by atoms with Crippen LogP contribution >= 0.6 is 11.6 Å². The molecule has 4 rings (SSSR count). The number of nitrogens with zero attached hydrogens (tertiary/aromatic N) is 3. The summed E-state index contributed by atoms with van der Waals surface area (Å²) in [5.41, 5.74) is 2.58. The minimum Gasteiger partial charge on any atom is -0.409 e. The Balaban J connectivity index is 1.65. The van der Waals surface area contributed by atoms with Crippen molar-refractivity contribution in [2.75, 3.05) is 5.32 Å². The fourth-order valence-corrected chi connectivity index (χ4v) is 3.98. The predicted octanol–water partition coefficient (Wildman–Crippen LogP) is 3.48. The molecule has 178 valence electrons. The molecule has 1 aromatic heterocycles. The van der Waals surface area contributed by atoms with Crippen LogP contribution in [0.4, 0.5) is 5.69 Å². The maximum Gasteiger partial charge on any atom is 0.256 e. The number of pyridine rings is 1. The Morgan fingerprint density at radius 1 is 1.17 bits per heavy atom. The Labute approximate surface area is 206 Å². The second-order valence-corrected chi connectivity index (χ2v) is 8.47. The third-order valence-corrected chi connectivity index (χ3v) is 5.81. The van der Waals surface area contributed by atoms with Gasteiger partial charge in [0, 0.05) is 35.9 Å². The van der Waals surface area contributed by atoms with Crippen LogP contribution in [0.15, 0.2) is 72.1 Å². The lowest BCUT2D eigenvalue weighted by molar-refractivity contribution is -0.120. The Kier molecular flexibility index (Phi) is 7.07. The molecule has 1 aliphatic rings. The van der Waals surface area contributed by atoms with E-state index in [0.717, 1.165) is 11.1 Å².